The molecule has 2 aliphatic rings. The quantitative estimate of drug-likeness (QED) is 0.0495. The largest absolute Gasteiger partial charge is 0.310 e. The lowest BCUT2D eigenvalue weighted by Gasteiger charge is -2.35. The number of fused-ring (bicyclic) bond motifs is 6. The highest BCUT2D eigenvalue weighted by atomic mass is 79.9. The van der Waals surface area contributed by atoms with E-state index < -0.39 is 0 Å². The molecule has 0 atom stereocenters. The van der Waals surface area contributed by atoms with Gasteiger partial charge in [-0.25, -0.2) is 0 Å². The normalized spacial score (nSPS) is 12.0. The van der Waals surface area contributed by atoms with Crippen molar-refractivity contribution in [3.05, 3.63) is 351 Å². The molecule has 12 aromatic carbocycles. The van der Waals surface area contributed by atoms with Crippen LogP contribution >= 0.6 is 63.7 Å². The summed E-state index contributed by atoms with van der Waals surface area (Å²) in [5, 5.41) is 0. The van der Waals surface area contributed by atoms with Crippen molar-refractivity contribution in [2.24, 2.45) is 0 Å². The SMILES string of the molecule is C=CCCCCC1(CCCCC=C)c2cc(N(c3ccc(Br)cc3)c3c(C)cc(C)cc3C)ccc2-c2ccc(N(c3ccc(Br)cc3)c3c(C)cc(C)cc3C)cc21.CC.Cc1cc(C)c(N(c2ccc(Br)cc2)c2ccc3c(c2)Cc2cc(N(c4ccc(Br)cc4)c4c(C)cc(C)cc4C)ccc2-3)c(C)c1. The highest BCUT2D eigenvalue weighted by molar-refractivity contribution is 9.11. The molecule has 4 nitrogen and oxygen atoms in total. The number of halogens is 4. The van der Waals surface area contributed by atoms with Crippen LogP contribution in [0.2, 0.25) is 0 Å². The molecule has 0 radical (unpaired) electrons. The summed E-state index contributed by atoms with van der Waals surface area (Å²) in [5.41, 5.74) is 40.4. The van der Waals surface area contributed by atoms with Gasteiger partial charge in [-0.1, -0.05) is 198 Å². The molecule has 0 amide bonds. The predicted octanol–water partition coefficient (Wildman–Crippen LogP) is 32.4. The maximum Gasteiger partial charge on any atom is 0.0520 e. The molecule has 0 saturated carbocycles. The molecule has 2 aliphatic carbocycles. The zero-order valence-corrected chi connectivity index (χ0v) is 71.9. The minimum Gasteiger partial charge on any atom is -0.310 e. The molecule has 0 N–H and O–H groups in total. The molecule has 0 fully saturated rings. The second-order valence-corrected chi connectivity index (χ2v) is 33.4. The highest BCUT2D eigenvalue weighted by Crippen LogP contribution is 2.58. The van der Waals surface area contributed by atoms with E-state index in [0.717, 1.165) is 98.4 Å². The van der Waals surface area contributed by atoms with Crippen LogP contribution in [0.1, 0.15) is 154 Å². The van der Waals surface area contributed by atoms with Crippen molar-refractivity contribution < 1.29 is 0 Å². The summed E-state index contributed by atoms with van der Waals surface area (Å²) in [6.07, 6.45) is 13.8. The standard InChI is InChI=1S/C55H58Br2N2.C43H38Br2N2.C2H6/c1-9-11-13-15-29-55(30-16-14-12-10-2)51-35-47(58(45-21-17-43(56)18-22-45)53-39(5)31-37(3)32-40(53)6)25-27-49(51)50-28-26-48(36-52(50)55)59(46-23-19-44(57)20-24-46)54-41(7)33-38(4)34-42(54)8;1-26-19-28(3)42(29(4)20-26)46(36-11-7-34(44)8-12-36)38-15-17-40-32(24-38)23-33-25-39(16-18-41(33)40)47(37-13-9-35(45)10-14-37)43-30(5)21-27(2)22-31(43)6;1-2/h9-10,17-28,31-36H,1-2,11-16,29-30H2,3-8H3;7-22,24-25H,23H2,1-6H3;1-2H3. The smallest absolute Gasteiger partial charge is 0.0520 e. The molecule has 12 aromatic rings. The summed E-state index contributed by atoms with van der Waals surface area (Å²) in [6, 6.07) is 82.0. The molecule has 0 saturated heterocycles. The fourth-order valence-corrected chi connectivity index (χ4v) is 18.5. The Morgan fingerprint density at radius 2 is 0.509 bits per heavy atom. The number of hydrogen-bond donors (Lipinski definition) is 0. The van der Waals surface area contributed by atoms with Crippen molar-refractivity contribution in [3.8, 4) is 22.3 Å². The third-order valence-electron chi connectivity index (χ3n) is 21.5. The van der Waals surface area contributed by atoms with E-state index in [1.54, 1.807) is 0 Å². The number of anilines is 12. The van der Waals surface area contributed by atoms with E-state index >= 15 is 0 Å². The Morgan fingerprint density at radius 1 is 0.287 bits per heavy atom. The number of benzene rings is 12. The fraction of sp³-hybridized carbons (Fsp3) is 0.240. The van der Waals surface area contributed by atoms with Crippen molar-refractivity contribution in [1.29, 1.82) is 0 Å². The Hall–Kier alpha value is -8.76. The first-order valence-corrected chi connectivity index (χ1v) is 41.5. The number of allylic oxidation sites excluding steroid dienone is 2. The lowest BCUT2D eigenvalue weighted by Crippen LogP contribution is -2.26. The van der Waals surface area contributed by atoms with Gasteiger partial charge in [-0.05, 0) is 363 Å². The third kappa shape index (κ3) is 16.6. The first-order valence-electron chi connectivity index (χ1n) is 38.3. The number of nitrogens with zero attached hydrogens (tertiary/aromatic N) is 4. The van der Waals surface area contributed by atoms with Crippen molar-refractivity contribution in [1.82, 2.24) is 0 Å². The van der Waals surface area contributed by atoms with Gasteiger partial charge in [0, 0.05) is 68.8 Å². The lowest BCUT2D eigenvalue weighted by atomic mass is 9.70. The zero-order valence-electron chi connectivity index (χ0n) is 65.5. The van der Waals surface area contributed by atoms with Crippen LogP contribution in [0.5, 0.6) is 0 Å². The molecule has 8 heteroatoms. The fourth-order valence-electron chi connectivity index (χ4n) is 17.4. The second-order valence-electron chi connectivity index (χ2n) is 29.7. The number of rotatable bonds is 22. The lowest BCUT2D eigenvalue weighted by molar-refractivity contribution is 0.409. The van der Waals surface area contributed by atoms with Crippen LogP contribution in [-0.2, 0) is 11.8 Å². The van der Waals surface area contributed by atoms with Crippen LogP contribution in [0.15, 0.2) is 262 Å². The van der Waals surface area contributed by atoms with Gasteiger partial charge in [0.25, 0.3) is 0 Å². The van der Waals surface area contributed by atoms with Crippen molar-refractivity contribution in [2.75, 3.05) is 19.6 Å². The van der Waals surface area contributed by atoms with E-state index in [9.17, 15) is 0 Å². The summed E-state index contributed by atoms with van der Waals surface area (Å²) in [4.78, 5) is 9.82. The Balaban J connectivity index is 0.000000202. The van der Waals surface area contributed by atoms with Crippen LogP contribution in [0.3, 0.4) is 0 Å². The molecule has 0 unspecified atom stereocenters. The number of hydrogen-bond acceptors (Lipinski definition) is 4. The van der Waals surface area contributed by atoms with Gasteiger partial charge in [0.05, 0.1) is 22.7 Å². The average Bonchev–Trinajstić information content (AvgIpc) is 1.55. The maximum absolute atomic E-state index is 4.09. The molecule has 550 valence electrons. The van der Waals surface area contributed by atoms with Crippen molar-refractivity contribution in [2.45, 2.75) is 160 Å². The molecule has 0 aliphatic heterocycles. The molecule has 0 bridgehead atoms. The first kappa shape index (κ1) is 78.8. The van der Waals surface area contributed by atoms with Crippen LogP contribution in [-0.4, -0.2) is 0 Å². The van der Waals surface area contributed by atoms with E-state index in [1.807, 2.05) is 13.8 Å². The molecular formula is C100H102Br4N4. The van der Waals surface area contributed by atoms with Gasteiger partial charge in [-0.2, -0.15) is 0 Å². The van der Waals surface area contributed by atoms with E-state index in [0.29, 0.717) is 0 Å². The van der Waals surface area contributed by atoms with Gasteiger partial charge in [0.1, 0.15) is 0 Å². The van der Waals surface area contributed by atoms with Crippen LogP contribution in [0.4, 0.5) is 68.2 Å². The first-order chi connectivity index (χ1) is 52.0. The summed E-state index contributed by atoms with van der Waals surface area (Å²) in [5.74, 6) is 0. The topological polar surface area (TPSA) is 13.0 Å². The van der Waals surface area contributed by atoms with Crippen molar-refractivity contribution >= 4 is 132 Å². The van der Waals surface area contributed by atoms with Gasteiger partial charge in [0.15, 0.2) is 0 Å². The van der Waals surface area contributed by atoms with Gasteiger partial charge in [-0.3, -0.25) is 0 Å². The van der Waals surface area contributed by atoms with Gasteiger partial charge in [-0.15, -0.1) is 13.2 Å². The summed E-state index contributed by atoms with van der Waals surface area (Å²) in [6.45, 7) is 38.8. The van der Waals surface area contributed by atoms with Gasteiger partial charge < -0.3 is 19.6 Å². The molecule has 0 aromatic heterocycles. The highest BCUT2D eigenvalue weighted by Gasteiger charge is 2.44. The van der Waals surface area contributed by atoms with Crippen LogP contribution in [0, 0.1) is 83.1 Å². The molecule has 14 rings (SSSR count). The van der Waals surface area contributed by atoms with Crippen molar-refractivity contribution in [3.63, 3.8) is 0 Å². The summed E-state index contributed by atoms with van der Waals surface area (Å²) in [7, 11) is 0. The summed E-state index contributed by atoms with van der Waals surface area (Å²) >= 11 is 14.7. The Bertz CT molecular complexity index is 4860. The van der Waals surface area contributed by atoms with E-state index in [1.165, 1.54) is 157 Å². The molecule has 108 heavy (non-hydrogen) atoms. The summed E-state index contributed by atoms with van der Waals surface area (Å²) < 4.78 is 4.30. The van der Waals surface area contributed by atoms with Crippen LogP contribution < -0.4 is 19.6 Å². The second kappa shape index (κ2) is 34.4. The number of aryl methyl sites for hydroxylation is 12. The average molecular weight is 1680 g/mol. The van der Waals surface area contributed by atoms with Gasteiger partial charge >= 0.3 is 0 Å². The minimum absolute atomic E-state index is 0.176. The Morgan fingerprint density at radius 3 is 0.750 bits per heavy atom. The Labute approximate surface area is 678 Å². The predicted molar refractivity (Wildman–Crippen MR) is 482 cm³/mol. The molecular weight excluding hydrogens is 1580 g/mol. The van der Waals surface area contributed by atoms with Crippen LogP contribution in [0.25, 0.3) is 22.3 Å². The molecule has 0 heterocycles. The third-order valence-corrected chi connectivity index (χ3v) is 23.6. The van der Waals surface area contributed by atoms with E-state index in [-0.39, 0.29) is 5.41 Å². The van der Waals surface area contributed by atoms with Gasteiger partial charge in [0.2, 0.25) is 0 Å². The number of unbranched alkanes of at least 4 members (excludes halogenated alkanes) is 4. The van der Waals surface area contributed by atoms with E-state index in [4.69, 9.17) is 0 Å². The Kier molecular flexibility index (Phi) is 25.1. The monoisotopic (exact) mass is 1670 g/mol. The minimum atomic E-state index is -0.176. The molecule has 0 spiro atoms. The maximum atomic E-state index is 4.09. The zero-order chi connectivity index (χ0) is 76.8. The van der Waals surface area contributed by atoms with E-state index in [2.05, 4.69) is 410 Å².